The summed E-state index contributed by atoms with van der Waals surface area (Å²) in [5.41, 5.74) is 3.71. The Morgan fingerprint density at radius 2 is 2.07 bits per heavy atom. The Balaban J connectivity index is 1.42. The highest BCUT2D eigenvalue weighted by atomic mass is 32.1. The summed E-state index contributed by atoms with van der Waals surface area (Å²) in [5.74, 6) is 2.28. The molecule has 1 unspecified atom stereocenters. The topological polar surface area (TPSA) is 65.7 Å². The molecule has 1 aromatic carbocycles. The molecule has 0 bridgehead atoms. The van der Waals surface area contributed by atoms with Crippen molar-refractivity contribution >= 4 is 17.3 Å². The summed E-state index contributed by atoms with van der Waals surface area (Å²) < 4.78 is 5.66. The maximum Gasteiger partial charge on any atom is 0.214 e. The predicted molar refractivity (Wildman–Crippen MR) is 122 cm³/mol. The van der Waals surface area contributed by atoms with E-state index in [-0.39, 0.29) is 6.04 Å². The van der Waals surface area contributed by atoms with E-state index in [0.717, 1.165) is 43.5 Å². The zero-order chi connectivity index (χ0) is 20.9. The van der Waals surface area contributed by atoms with Gasteiger partial charge in [0.25, 0.3) is 0 Å². The Kier molecular flexibility index (Phi) is 6.50. The van der Waals surface area contributed by atoms with Gasteiger partial charge in [0, 0.05) is 31.6 Å². The van der Waals surface area contributed by atoms with Crippen molar-refractivity contribution in [2.75, 3.05) is 20.1 Å². The van der Waals surface area contributed by atoms with Crippen LogP contribution in [0.1, 0.15) is 39.4 Å². The fourth-order valence-electron chi connectivity index (χ4n) is 3.86. The molecule has 1 aliphatic rings. The number of fused-ring (bicyclic) bond motifs is 1. The lowest BCUT2D eigenvalue weighted by molar-refractivity contribution is 0.181. The SMILES string of the molecule is CN=C(NCc1nc(C)c(C)o1)NCC(c1ccccc1)N1CCc2sccc2C1. The van der Waals surface area contributed by atoms with Crippen molar-refractivity contribution in [3.63, 3.8) is 0 Å². The first kappa shape index (κ1) is 20.6. The van der Waals surface area contributed by atoms with Crippen molar-refractivity contribution in [2.45, 2.75) is 39.4 Å². The van der Waals surface area contributed by atoms with E-state index in [0.29, 0.717) is 12.4 Å². The van der Waals surface area contributed by atoms with Gasteiger partial charge in [0.15, 0.2) is 5.96 Å². The van der Waals surface area contributed by atoms with Crippen LogP contribution >= 0.6 is 11.3 Å². The van der Waals surface area contributed by atoms with Gasteiger partial charge >= 0.3 is 0 Å². The molecule has 1 atom stereocenters. The van der Waals surface area contributed by atoms with Gasteiger partial charge in [-0.2, -0.15) is 0 Å². The maximum absolute atomic E-state index is 5.66. The van der Waals surface area contributed by atoms with Gasteiger partial charge in [-0.15, -0.1) is 11.3 Å². The highest BCUT2D eigenvalue weighted by Gasteiger charge is 2.25. The first-order valence-corrected chi connectivity index (χ1v) is 11.2. The number of aliphatic imine (C=N–C) groups is 1. The van der Waals surface area contributed by atoms with Gasteiger partial charge in [0.2, 0.25) is 5.89 Å². The predicted octanol–water partition coefficient (Wildman–Crippen LogP) is 3.82. The molecule has 2 aromatic heterocycles. The molecule has 7 heteroatoms. The minimum absolute atomic E-state index is 0.268. The van der Waals surface area contributed by atoms with Crippen molar-refractivity contribution in [1.29, 1.82) is 0 Å². The molecule has 6 nitrogen and oxygen atoms in total. The average Bonchev–Trinajstić information content (AvgIpc) is 3.36. The number of thiophene rings is 1. The Bertz CT molecular complexity index is 975. The lowest BCUT2D eigenvalue weighted by Crippen LogP contribution is -2.44. The number of guanidine groups is 1. The second-order valence-corrected chi connectivity index (χ2v) is 8.57. The third-order valence-corrected chi connectivity index (χ3v) is 6.65. The first-order valence-electron chi connectivity index (χ1n) is 10.4. The number of aromatic nitrogens is 1. The van der Waals surface area contributed by atoms with E-state index < -0.39 is 0 Å². The van der Waals surface area contributed by atoms with E-state index in [2.05, 4.69) is 67.3 Å². The van der Waals surface area contributed by atoms with Gasteiger partial charge in [-0.25, -0.2) is 4.98 Å². The molecule has 0 spiro atoms. The van der Waals surface area contributed by atoms with Crippen molar-refractivity contribution in [3.8, 4) is 0 Å². The Labute approximate surface area is 182 Å². The number of oxazole rings is 1. The van der Waals surface area contributed by atoms with Gasteiger partial charge in [-0.3, -0.25) is 9.89 Å². The molecule has 1 aliphatic heterocycles. The Morgan fingerprint density at radius 3 is 2.80 bits per heavy atom. The lowest BCUT2D eigenvalue weighted by Gasteiger charge is -2.35. The smallest absolute Gasteiger partial charge is 0.214 e. The number of hydrogen-bond donors (Lipinski definition) is 2. The Hall–Kier alpha value is -2.64. The van der Waals surface area contributed by atoms with E-state index in [9.17, 15) is 0 Å². The van der Waals surface area contributed by atoms with Crippen molar-refractivity contribution in [3.05, 3.63) is 75.1 Å². The second-order valence-electron chi connectivity index (χ2n) is 7.57. The van der Waals surface area contributed by atoms with Crippen LogP contribution in [-0.2, 0) is 19.5 Å². The average molecular weight is 424 g/mol. The minimum Gasteiger partial charge on any atom is -0.444 e. The van der Waals surface area contributed by atoms with Crippen LogP contribution in [0.3, 0.4) is 0 Å². The minimum atomic E-state index is 0.268. The molecule has 0 radical (unpaired) electrons. The van der Waals surface area contributed by atoms with Gasteiger partial charge in [0.1, 0.15) is 5.76 Å². The third-order valence-electron chi connectivity index (χ3n) is 5.63. The first-order chi connectivity index (χ1) is 14.6. The normalized spacial score (nSPS) is 15.6. The molecule has 0 aliphatic carbocycles. The molecule has 2 N–H and O–H groups in total. The monoisotopic (exact) mass is 423 g/mol. The molecule has 0 amide bonds. The Morgan fingerprint density at radius 1 is 1.23 bits per heavy atom. The number of aryl methyl sites for hydroxylation is 2. The van der Waals surface area contributed by atoms with Crippen LogP contribution in [0.4, 0.5) is 0 Å². The zero-order valence-electron chi connectivity index (χ0n) is 17.8. The largest absolute Gasteiger partial charge is 0.444 e. The standard InChI is InChI=1S/C23H29N5OS/c1-16-17(2)29-22(27-16)14-26-23(24-3)25-13-20(18-7-5-4-6-8-18)28-11-9-21-19(15-28)10-12-30-21/h4-8,10,12,20H,9,11,13-15H2,1-3H3,(H2,24,25,26). The zero-order valence-corrected chi connectivity index (χ0v) is 18.6. The number of rotatable bonds is 6. The van der Waals surface area contributed by atoms with Crippen molar-refractivity contribution in [1.82, 2.24) is 20.5 Å². The van der Waals surface area contributed by atoms with E-state index >= 15 is 0 Å². The summed E-state index contributed by atoms with van der Waals surface area (Å²) in [6, 6.07) is 13.3. The van der Waals surface area contributed by atoms with Crippen LogP contribution in [-0.4, -0.2) is 36.0 Å². The maximum atomic E-state index is 5.66. The fraction of sp³-hybridized carbons (Fsp3) is 0.391. The molecule has 3 heterocycles. The summed E-state index contributed by atoms with van der Waals surface area (Å²) >= 11 is 1.88. The summed E-state index contributed by atoms with van der Waals surface area (Å²) in [4.78, 5) is 12.9. The molecule has 0 saturated carbocycles. The number of nitrogens with zero attached hydrogens (tertiary/aromatic N) is 3. The summed E-state index contributed by atoms with van der Waals surface area (Å²) in [7, 11) is 1.79. The molecule has 30 heavy (non-hydrogen) atoms. The lowest BCUT2D eigenvalue weighted by atomic mass is 10.0. The van der Waals surface area contributed by atoms with Crippen LogP contribution < -0.4 is 10.6 Å². The van der Waals surface area contributed by atoms with Crippen LogP contribution in [0.25, 0.3) is 0 Å². The van der Waals surface area contributed by atoms with E-state index in [1.54, 1.807) is 7.05 Å². The summed E-state index contributed by atoms with van der Waals surface area (Å²) in [6.45, 7) is 7.22. The molecule has 0 fully saturated rings. The quantitative estimate of drug-likeness (QED) is 0.466. The fourth-order valence-corrected chi connectivity index (χ4v) is 4.75. The second kappa shape index (κ2) is 9.45. The molecule has 0 saturated heterocycles. The highest BCUT2D eigenvalue weighted by Crippen LogP contribution is 2.30. The van der Waals surface area contributed by atoms with E-state index in [1.165, 1.54) is 16.0 Å². The van der Waals surface area contributed by atoms with Crippen LogP contribution in [0.15, 0.2) is 51.2 Å². The van der Waals surface area contributed by atoms with Gasteiger partial charge in [0.05, 0.1) is 18.3 Å². The third kappa shape index (κ3) is 4.74. The number of benzene rings is 1. The van der Waals surface area contributed by atoms with Gasteiger partial charge < -0.3 is 15.1 Å². The number of hydrogen-bond acceptors (Lipinski definition) is 5. The van der Waals surface area contributed by atoms with Crippen molar-refractivity contribution in [2.24, 2.45) is 4.99 Å². The van der Waals surface area contributed by atoms with E-state index in [1.807, 2.05) is 25.2 Å². The summed E-state index contributed by atoms with van der Waals surface area (Å²) in [6.07, 6.45) is 1.12. The van der Waals surface area contributed by atoms with Crippen LogP contribution in [0.5, 0.6) is 0 Å². The highest BCUT2D eigenvalue weighted by molar-refractivity contribution is 7.10. The molecular formula is C23H29N5OS. The number of nitrogens with one attached hydrogen (secondary N) is 2. The van der Waals surface area contributed by atoms with Gasteiger partial charge in [-0.1, -0.05) is 30.3 Å². The molecule has 158 valence electrons. The summed E-state index contributed by atoms with van der Waals surface area (Å²) in [5, 5.41) is 9.03. The molecular weight excluding hydrogens is 394 g/mol. The van der Waals surface area contributed by atoms with Crippen molar-refractivity contribution < 1.29 is 4.42 Å². The van der Waals surface area contributed by atoms with Crippen LogP contribution in [0, 0.1) is 13.8 Å². The van der Waals surface area contributed by atoms with Gasteiger partial charge in [-0.05, 0) is 42.8 Å². The van der Waals surface area contributed by atoms with E-state index in [4.69, 9.17) is 4.42 Å². The molecule has 3 aromatic rings. The van der Waals surface area contributed by atoms with Crippen LogP contribution in [0.2, 0.25) is 0 Å². The molecule has 4 rings (SSSR count).